The molecule has 1 amide bonds. The van der Waals surface area contributed by atoms with Crippen LogP contribution in [0.3, 0.4) is 0 Å². The Labute approximate surface area is 165 Å². The number of carbonyl (C=O) groups is 1. The first kappa shape index (κ1) is 18.9. The van der Waals surface area contributed by atoms with Crippen LogP contribution in [0.4, 0.5) is 5.69 Å². The van der Waals surface area contributed by atoms with Gasteiger partial charge in [-0.25, -0.2) is 0 Å². The van der Waals surface area contributed by atoms with Gasteiger partial charge in [0.2, 0.25) is 0 Å². The number of anilines is 1. The fraction of sp³-hybridized carbons (Fsp3) is 0.100. The zero-order chi connectivity index (χ0) is 19.2. The molecule has 5 nitrogen and oxygen atoms in total. The summed E-state index contributed by atoms with van der Waals surface area (Å²) in [6.07, 6.45) is 1.68. The third kappa shape index (κ3) is 4.48. The molecule has 0 fully saturated rings. The lowest BCUT2D eigenvalue weighted by atomic mass is 10.1. The van der Waals surface area contributed by atoms with Crippen molar-refractivity contribution in [3.8, 4) is 17.0 Å². The number of pyridine rings is 1. The predicted molar refractivity (Wildman–Crippen MR) is 107 cm³/mol. The molecule has 0 aliphatic rings. The van der Waals surface area contributed by atoms with Gasteiger partial charge in [-0.05, 0) is 42.5 Å². The molecule has 0 saturated heterocycles. The standard InChI is InChI=1S/C20H15ClN2O3S/c1-26-19-10-13(12-27-25)5-7-15(19)20(24)23-14-6-8-17(21)16(11-14)18-4-2-3-9-22-18/h2-11H,12H2,1H3/p+1. The van der Waals surface area contributed by atoms with Crippen LogP contribution >= 0.6 is 11.6 Å². The molecular formula is C20H16ClN2O3S+. The molecule has 0 radical (unpaired) electrons. The van der Waals surface area contributed by atoms with Crippen molar-refractivity contribution in [1.82, 2.24) is 4.98 Å². The number of carbonyl (C=O) groups excluding carboxylic acids is 1. The second-order valence-electron chi connectivity index (χ2n) is 5.66. The average molecular weight is 400 g/mol. The van der Waals surface area contributed by atoms with Crippen LogP contribution < -0.4 is 10.1 Å². The van der Waals surface area contributed by atoms with Crippen molar-refractivity contribution in [2.75, 3.05) is 12.4 Å². The SMILES string of the molecule is COc1cc(C[S+]=O)ccc1C(=O)Nc1ccc(Cl)c(-c2ccccn2)c1. The highest BCUT2D eigenvalue weighted by atomic mass is 35.5. The Kier molecular flexibility index (Phi) is 6.11. The number of ether oxygens (including phenoxy) is 1. The summed E-state index contributed by atoms with van der Waals surface area (Å²) in [7, 11) is 1.49. The van der Waals surface area contributed by atoms with Crippen LogP contribution in [-0.2, 0) is 21.6 Å². The zero-order valence-corrected chi connectivity index (χ0v) is 16.0. The molecule has 1 heterocycles. The highest BCUT2D eigenvalue weighted by molar-refractivity contribution is 7.64. The van der Waals surface area contributed by atoms with Gasteiger partial charge in [-0.2, -0.15) is 0 Å². The Balaban J connectivity index is 1.87. The molecule has 3 aromatic rings. The van der Waals surface area contributed by atoms with Gasteiger partial charge in [0.05, 0.1) is 23.4 Å². The van der Waals surface area contributed by atoms with Crippen molar-refractivity contribution in [2.24, 2.45) is 0 Å². The monoisotopic (exact) mass is 399 g/mol. The van der Waals surface area contributed by atoms with Crippen molar-refractivity contribution in [2.45, 2.75) is 5.75 Å². The van der Waals surface area contributed by atoms with Gasteiger partial charge in [0.15, 0.2) is 0 Å². The first-order chi connectivity index (χ1) is 13.1. The molecule has 7 heteroatoms. The van der Waals surface area contributed by atoms with E-state index in [9.17, 15) is 9.00 Å². The molecule has 0 spiro atoms. The van der Waals surface area contributed by atoms with E-state index in [-0.39, 0.29) is 5.91 Å². The molecule has 1 N–H and O–H groups in total. The molecule has 2 aromatic carbocycles. The zero-order valence-electron chi connectivity index (χ0n) is 14.4. The van der Waals surface area contributed by atoms with E-state index in [0.717, 1.165) is 16.8 Å². The van der Waals surface area contributed by atoms with Crippen molar-refractivity contribution in [3.05, 3.63) is 76.9 Å². The minimum absolute atomic E-state index is 0.308. The van der Waals surface area contributed by atoms with Crippen LogP contribution in [0.25, 0.3) is 11.3 Å². The summed E-state index contributed by atoms with van der Waals surface area (Å²) >= 11 is 6.75. The van der Waals surface area contributed by atoms with Crippen LogP contribution in [0.2, 0.25) is 5.02 Å². The number of benzene rings is 2. The van der Waals surface area contributed by atoms with Gasteiger partial charge in [-0.15, -0.1) is 0 Å². The first-order valence-electron chi connectivity index (χ1n) is 8.06. The fourth-order valence-corrected chi connectivity index (χ4v) is 3.13. The normalized spacial score (nSPS) is 10.3. The van der Waals surface area contributed by atoms with Crippen molar-refractivity contribution in [3.63, 3.8) is 0 Å². The van der Waals surface area contributed by atoms with Gasteiger partial charge in [-0.1, -0.05) is 23.7 Å². The number of rotatable bonds is 6. The Morgan fingerprint density at radius 1 is 1.19 bits per heavy atom. The number of methoxy groups -OCH3 is 1. The number of hydrogen-bond acceptors (Lipinski definition) is 4. The Morgan fingerprint density at radius 3 is 2.74 bits per heavy atom. The van der Waals surface area contributed by atoms with Gasteiger partial charge in [0.25, 0.3) is 11.7 Å². The first-order valence-corrected chi connectivity index (χ1v) is 9.35. The number of nitrogens with zero attached hydrogens (tertiary/aromatic N) is 1. The third-order valence-corrected chi connectivity index (χ3v) is 4.68. The maximum Gasteiger partial charge on any atom is 0.463 e. The van der Waals surface area contributed by atoms with Gasteiger partial charge in [0.1, 0.15) is 5.75 Å². The Hall–Kier alpha value is -2.83. The quantitative estimate of drug-likeness (QED) is 0.615. The molecular weight excluding hydrogens is 384 g/mol. The molecule has 136 valence electrons. The van der Waals surface area contributed by atoms with Crippen molar-refractivity contribution in [1.29, 1.82) is 0 Å². The van der Waals surface area contributed by atoms with E-state index in [1.165, 1.54) is 7.11 Å². The second kappa shape index (κ2) is 8.70. The van der Waals surface area contributed by atoms with Gasteiger partial charge >= 0.3 is 11.7 Å². The highest BCUT2D eigenvalue weighted by Crippen LogP contribution is 2.30. The molecule has 27 heavy (non-hydrogen) atoms. The van der Waals surface area contributed by atoms with E-state index < -0.39 is 0 Å². The van der Waals surface area contributed by atoms with Gasteiger partial charge < -0.3 is 10.1 Å². The third-order valence-electron chi connectivity index (χ3n) is 3.90. The lowest BCUT2D eigenvalue weighted by Crippen LogP contribution is -2.13. The smallest absolute Gasteiger partial charge is 0.463 e. The van der Waals surface area contributed by atoms with E-state index in [2.05, 4.69) is 10.3 Å². The number of hydrogen-bond donors (Lipinski definition) is 1. The van der Waals surface area contributed by atoms with Crippen LogP contribution in [-0.4, -0.2) is 18.0 Å². The maximum atomic E-state index is 12.7. The maximum absolute atomic E-state index is 12.7. The van der Waals surface area contributed by atoms with Crippen LogP contribution in [0.5, 0.6) is 5.75 Å². The van der Waals surface area contributed by atoms with E-state index in [1.807, 2.05) is 18.2 Å². The van der Waals surface area contributed by atoms with E-state index >= 15 is 0 Å². The van der Waals surface area contributed by atoms with Gasteiger partial charge in [-0.3, -0.25) is 9.78 Å². The van der Waals surface area contributed by atoms with Crippen LogP contribution in [0.1, 0.15) is 15.9 Å². The minimum Gasteiger partial charge on any atom is -0.496 e. The lowest BCUT2D eigenvalue weighted by Gasteiger charge is -2.11. The average Bonchev–Trinajstić information content (AvgIpc) is 2.70. The van der Waals surface area contributed by atoms with E-state index in [4.69, 9.17) is 16.3 Å². The summed E-state index contributed by atoms with van der Waals surface area (Å²) in [6.45, 7) is 0. The molecule has 0 aliphatic carbocycles. The van der Waals surface area contributed by atoms with Crippen LogP contribution in [0.15, 0.2) is 60.8 Å². The highest BCUT2D eigenvalue weighted by Gasteiger charge is 2.16. The Bertz CT molecular complexity index is 980. The van der Waals surface area contributed by atoms with Crippen molar-refractivity contribution < 1.29 is 13.7 Å². The number of aromatic nitrogens is 1. The minimum atomic E-state index is -0.317. The van der Waals surface area contributed by atoms with Gasteiger partial charge in [0, 0.05) is 27.2 Å². The Morgan fingerprint density at radius 2 is 2.04 bits per heavy atom. The van der Waals surface area contributed by atoms with E-state index in [1.54, 1.807) is 42.6 Å². The molecule has 3 rings (SSSR count). The number of nitrogens with one attached hydrogen (secondary N) is 1. The second-order valence-corrected chi connectivity index (χ2v) is 6.59. The molecule has 0 atom stereocenters. The lowest BCUT2D eigenvalue weighted by molar-refractivity contribution is 0.102. The molecule has 0 aliphatic heterocycles. The topological polar surface area (TPSA) is 68.3 Å². The summed E-state index contributed by atoms with van der Waals surface area (Å²) < 4.78 is 16.0. The molecule has 1 aromatic heterocycles. The van der Waals surface area contributed by atoms with Crippen LogP contribution in [0, 0.1) is 0 Å². The summed E-state index contributed by atoms with van der Waals surface area (Å²) in [5.74, 6) is 0.406. The predicted octanol–water partition coefficient (Wildman–Crippen LogP) is 4.59. The summed E-state index contributed by atoms with van der Waals surface area (Å²) in [5.41, 5.74) is 3.21. The molecule has 0 saturated carbocycles. The summed E-state index contributed by atoms with van der Waals surface area (Å²) in [4.78, 5) is 17.0. The van der Waals surface area contributed by atoms with Crippen molar-refractivity contribution >= 4 is 34.9 Å². The molecule has 0 bridgehead atoms. The fourth-order valence-electron chi connectivity index (χ4n) is 2.60. The number of halogens is 1. The molecule has 0 unspecified atom stereocenters. The summed E-state index contributed by atoms with van der Waals surface area (Å²) in [5, 5.41) is 3.39. The largest absolute Gasteiger partial charge is 0.496 e. The summed E-state index contributed by atoms with van der Waals surface area (Å²) in [6, 6.07) is 15.8. The number of amides is 1. The van der Waals surface area contributed by atoms with E-state index in [0.29, 0.717) is 39.4 Å².